The molecule has 362 valence electrons. The maximum absolute atomic E-state index is 12.6. The van der Waals surface area contributed by atoms with E-state index in [1.165, 1.54) is 13.8 Å². The van der Waals surface area contributed by atoms with Gasteiger partial charge in [-0.25, -0.2) is 33.4 Å². The molecule has 31 nitrogen and oxygen atoms in total. The van der Waals surface area contributed by atoms with Crippen molar-refractivity contribution in [3.63, 3.8) is 0 Å². The van der Waals surface area contributed by atoms with Gasteiger partial charge in [0.1, 0.15) is 36.3 Å². The number of nitrogens with two attached hydrogens (primary N) is 1. The van der Waals surface area contributed by atoms with Crippen molar-refractivity contribution in [2.24, 2.45) is 5.41 Å². The van der Waals surface area contributed by atoms with Crippen LogP contribution in [-0.2, 0) is 65.1 Å². The van der Waals surface area contributed by atoms with E-state index < -0.39 is 115 Å². The molecule has 3 unspecified atom stereocenters. The molecule has 0 saturated carbocycles. The highest BCUT2D eigenvalue weighted by molar-refractivity contribution is 8.13. The van der Waals surface area contributed by atoms with Crippen LogP contribution in [0.2, 0.25) is 0 Å². The molecule has 2 amide bonds. The lowest BCUT2D eigenvalue weighted by Gasteiger charge is -2.30. The van der Waals surface area contributed by atoms with Crippen LogP contribution in [0, 0.1) is 5.41 Å². The third kappa shape index (κ3) is 19.2. The molecule has 64 heavy (non-hydrogen) atoms. The van der Waals surface area contributed by atoms with Crippen LogP contribution in [0.15, 0.2) is 12.7 Å². The number of phosphoric acid groups is 3. The fraction of sp³-hybridized carbons (Fsp3) is 0.621. The number of carbonyl (C=O) groups is 6. The van der Waals surface area contributed by atoms with Gasteiger partial charge < -0.3 is 71.3 Å². The van der Waals surface area contributed by atoms with E-state index in [0.717, 1.165) is 29.0 Å². The molecule has 3 rings (SSSR count). The average Bonchev–Trinajstić information content (AvgIpc) is 3.73. The highest BCUT2D eigenvalue weighted by Crippen LogP contribution is 2.61. The van der Waals surface area contributed by atoms with Crippen molar-refractivity contribution < 1.29 is 115 Å². The Balaban J connectivity index is 0.00000140. The van der Waals surface area contributed by atoms with E-state index in [9.17, 15) is 72.2 Å². The maximum atomic E-state index is 12.6. The molecule has 0 radical (unpaired) electrons. The largest absolute Gasteiger partial charge is 0.481 e. The summed E-state index contributed by atoms with van der Waals surface area (Å²) in [5.74, 6) is -5.36. The van der Waals surface area contributed by atoms with E-state index in [0.29, 0.717) is 0 Å². The summed E-state index contributed by atoms with van der Waals surface area (Å²) in [6.45, 7) is 0.213. The van der Waals surface area contributed by atoms with Crippen molar-refractivity contribution in [1.29, 1.82) is 0 Å². The van der Waals surface area contributed by atoms with Gasteiger partial charge >= 0.3 is 41.4 Å². The molecule has 1 fully saturated rings. The van der Waals surface area contributed by atoms with Crippen molar-refractivity contribution in [2.75, 3.05) is 37.8 Å². The Labute approximate surface area is 364 Å². The Morgan fingerprint density at radius 1 is 0.922 bits per heavy atom. The molecule has 1 saturated heterocycles. The summed E-state index contributed by atoms with van der Waals surface area (Å²) in [7, 11) is -16.4. The van der Waals surface area contributed by atoms with Crippen LogP contribution in [0.4, 0.5) is 5.82 Å². The van der Waals surface area contributed by atoms with Gasteiger partial charge in [0.05, 0.1) is 32.4 Å². The molecule has 0 aromatic carbocycles. The minimum Gasteiger partial charge on any atom is -0.481 e. The number of nitrogen functional groups attached to an aromatic ring is 1. The lowest BCUT2D eigenvalue weighted by Crippen LogP contribution is -2.46. The topological polar surface area (TPSA) is 496 Å². The quantitative estimate of drug-likeness (QED) is 0.0359. The van der Waals surface area contributed by atoms with Crippen molar-refractivity contribution in [2.45, 2.75) is 76.3 Å². The van der Waals surface area contributed by atoms with Gasteiger partial charge in [-0.05, 0) is 0 Å². The fourth-order valence-electron chi connectivity index (χ4n) is 4.83. The Morgan fingerprint density at radius 3 is 2.14 bits per heavy atom. The fourth-order valence-corrected chi connectivity index (χ4v) is 8.34. The second-order valence-corrected chi connectivity index (χ2v) is 19.0. The number of phosphoric ester groups is 3. The van der Waals surface area contributed by atoms with Gasteiger partial charge in [-0.2, -0.15) is 4.31 Å². The van der Waals surface area contributed by atoms with Crippen molar-refractivity contribution in [3.8, 4) is 0 Å². The molecular weight excluding hydrogens is 955 g/mol. The van der Waals surface area contributed by atoms with Gasteiger partial charge in [0.15, 0.2) is 28.9 Å². The van der Waals surface area contributed by atoms with Crippen LogP contribution in [0.3, 0.4) is 0 Å². The molecule has 2 aromatic heterocycles. The number of nitrogens with one attached hydrogen (secondary N) is 2. The van der Waals surface area contributed by atoms with Crippen LogP contribution >= 0.6 is 35.2 Å². The van der Waals surface area contributed by atoms with Gasteiger partial charge in [0.25, 0.3) is 0 Å². The van der Waals surface area contributed by atoms with Crippen molar-refractivity contribution in [3.05, 3.63) is 12.7 Å². The van der Waals surface area contributed by atoms with Crippen LogP contribution in [0.5, 0.6) is 0 Å². The van der Waals surface area contributed by atoms with E-state index in [1.807, 2.05) is 0 Å². The number of hydrogen-bond acceptors (Lipinski definition) is 22. The number of carboxylic acid groups (broad SMARTS) is 3. The predicted octanol–water partition coefficient (Wildman–Crippen LogP) is -2.56. The molecule has 2 aromatic rings. The second kappa shape index (κ2) is 24.5. The van der Waals surface area contributed by atoms with E-state index in [2.05, 4.69) is 34.4 Å². The molecular formula is C29H46N7O24P3S. The van der Waals surface area contributed by atoms with E-state index in [-0.39, 0.29) is 60.2 Å². The van der Waals surface area contributed by atoms with E-state index >= 15 is 0 Å². The Hall–Kier alpha value is -4.07. The zero-order valence-electron chi connectivity index (χ0n) is 33.3. The summed E-state index contributed by atoms with van der Waals surface area (Å²) < 4.78 is 61.9. The molecule has 0 aliphatic carbocycles. The number of anilines is 1. The number of fused-ring (bicyclic) bond motifs is 1. The zero-order valence-corrected chi connectivity index (χ0v) is 36.8. The first-order valence-corrected chi connectivity index (χ1v) is 23.3. The summed E-state index contributed by atoms with van der Waals surface area (Å²) in [5, 5.41) is 58.5. The molecule has 8 atom stereocenters. The number of imidazole rings is 1. The standard InChI is InChI=1S/C25H40N7O19P3S.C4H6O5/c1-25(2,20(38)23(39)28-6-5-14(33)27-7-8-55-16(36)4-3-15(34)35)10-48-54(45,46)51-53(43,44)47-9-13-19(50-52(40,41)42)18(37)24(49-13)32-12-31-17-21(26)29-11-30-22(17)32;5-2(4(8)9)1-3(6)7/h11-13,18-20,24,37-38H,3-10H2,1-2H3,(H,27,33)(H,28,39)(H,34,35)(H,43,44)(H,45,46)(H2,26,29,30)(H2,40,41,42);2,5H,1H2,(H,6,7)(H,8,9)/t13-,18-,19-,20+,24-;/m1./s1. The summed E-state index contributed by atoms with van der Waals surface area (Å²) in [4.78, 5) is 117. The number of aliphatic hydroxyl groups excluding tert-OH is 3. The molecule has 0 spiro atoms. The van der Waals surface area contributed by atoms with Crippen LogP contribution < -0.4 is 16.4 Å². The second-order valence-electron chi connectivity index (χ2n) is 13.6. The zero-order chi connectivity index (χ0) is 48.8. The summed E-state index contributed by atoms with van der Waals surface area (Å²) in [6, 6.07) is 0. The predicted molar refractivity (Wildman–Crippen MR) is 210 cm³/mol. The minimum absolute atomic E-state index is 0.0197. The number of rotatable bonds is 25. The van der Waals surface area contributed by atoms with Crippen LogP contribution in [0.1, 0.15) is 45.8 Å². The summed E-state index contributed by atoms with van der Waals surface area (Å²) in [6.07, 6.45) is -10.1. The number of carbonyl (C=O) groups excluding carboxylic acids is 3. The molecule has 1 aliphatic rings. The first-order valence-electron chi connectivity index (χ1n) is 17.8. The number of thioether (sulfide) groups is 1. The number of hydrogen-bond donors (Lipinski definition) is 13. The highest BCUT2D eigenvalue weighted by atomic mass is 32.2. The van der Waals surface area contributed by atoms with Crippen LogP contribution in [-0.4, -0.2) is 167 Å². The monoisotopic (exact) mass is 1000 g/mol. The normalized spacial score (nSPS) is 20.5. The Bertz CT molecular complexity index is 2120. The number of amides is 2. The molecule has 1 aliphatic heterocycles. The number of ether oxygens (including phenoxy) is 1. The summed E-state index contributed by atoms with van der Waals surface area (Å²) in [5.41, 5.74) is 4.20. The maximum Gasteiger partial charge on any atom is 0.481 e. The van der Waals surface area contributed by atoms with Gasteiger partial charge in [-0.1, -0.05) is 25.6 Å². The van der Waals surface area contributed by atoms with E-state index in [4.69, 9.17) is 39.9 Å². The van der Waals surface area contributed by atoms with Crippen molar-refractivity contribution in [1.82, 2.24) is 30.2 Å². The first kappa shape index (κ1) is 56.1. The van der Waals surface area contributed by atoms with Crippen LogP contribution in [0.25, 0.3) is 11.2 Å². The number of aliphatic hydroxyl groups is 3. The Morgan fingerprint density at radius 2 is 1.56 bits per heavy atom. The first-order chi connectivity index (χ1) is 29.4. The smallest absolute Gasteiger partial charge is 0.481 e. The SMILES string of the molecule is CC(C)(COP(=O)(O)OP(=O)(O)OC[C@H]1O[C@@H](n2cnc3c(N)ncnc32)[C@H](O)[C@@H]1OP(=O)(O)O)[C@@H](O)C(=O)NCCC(=O)NCCSC(=O)CCC(=O)O.O=C(O)CC(O)C(=O)O. The third-order valence-corrected chi connectivity index (χ3v) is 12.0. The number of carboxylic acids is 3. The van der Waals surface area contributed by atoms with Gasteiger partial charge in [0.2, 0.25) is 11.8 Å². The minimum atomic E-state index is -5.59. The van der Waals surface area contributed by atoms with E-state index in [1.54, 1.807) is 0 Å². The molecule has 14 N–H and O–H groups in total. The van der Waals surface area contributed by atoms with Gasteiger partial charge in [-0.3, -0.25) is 42.1 Å². The average molecular weight is 1000 g/mol. The number of nitrogens with zero attached hydrogens (tertiary/aromatic N) is 4. The Kier molecular flexibility index (Phi) is 21.4. The lowest BCUT2D eigenvalue weighted by molar-refractivity contribution is -0.152. The number of aromatic nitrogens is 4. The molecule has 0 bridgehead atoms. The van der Waals surface area contributed by atoms with Gasteiger partial charge in [-0.15, -0.1) is 0 Å². The van der Waals surface area contributed by atoms with Crippen molar-refractivity contribution >= 4 is 87.0 Å². The number of aliphatic carboxylic acids is 3. The molecule has 3 heterocycles. The highest BCUT2D eigenvalue weighted by Gasteiger charge is 2.50. The summed E-state index contributed by atoms with van der Waals surface area (Å²) >= 11 is 0.849. The lowest BCUT2D eigenvalue weighted by atomic mass is 9.87. The molecule has 35 heteroatoms. The third-order valence-electron chi connectivity index (χ3n) is 7.96. The van der Waals surface area contributed by atoms with Gasteiger partial charge in [0, 0.05) is 37.1 Å².